The van der Waals surface area contributed by atoms with E-state index in [1.807, 2.05) is 166 Å². The van der Waals surface area contributed by atoms with Gasteiger partial charge in [-0.25, -0.2) is 0 Å². The molecule has 2 aliphatic heterocycles. The van der Waals surface area contributed by atoms with Gasteiger partial charge in [0, 0.05) is 92.3 Å². The minimum Gasteiger partial charge on any atom is -0.457 e. The number of anilines is 2. The van der Waals surface area contributed by atoms with Gasteiger partial charge < -0.3 is 28.7 Å². The molecule has 6 amide bonds. The number of fused-ring (bicyclic) bond motifs is 2. The maximum absolute atomic E-state index is 16.3. The van der Waals surface area contributed by atoms with Crippen molar-refractivity contribution in [2.75, 3.05) is 22.9 Å². The van der Waals surface area contributed by atoms with Gasteiger partial charge in [0.1, 0.15) is 58.1 Å². The quantitative estimate of drug-likeness (QED) is 0.0401. The second kappa shape index (κ2) is 24.9. The molecule has 16 heteroatoms. The SMILES string of the molecule is CCN(C(=O)C(CC(C)C)N1C(=O)c2cc(Oc3ccc(C)cc3)c3c4c(Oc5ccc(C)cc5)cc5c6c(cc(Oc7ccc(C)cc7)c(c7c(Oc8ccc(C)cc8)cc(c2c37)C1=O)c64)C(=O)N(C(CC(C)C)C(=O)N(CC)c1ccncc1)C5=O)c1ccncc1. The van der Waals surface area contributed by atoms with Crippen LogP contribution < -0.4 is 28.7 Å². The lowest BCUT2D eigenvalue weighted by molar-refractivity contribution is -0.123. The first kappa shape index (κ1) is 61.8. The molecule has 13 rings (SSSR count). The van der Waals surface area contributed by atoms with Crippen LogP contribution in [0.15, 0.2) is 170 Å². The number of hydrogen-bond donors (Lipinski definition) is 0. The van der Waals surface area contributed by atoms with Gasteiger partial charge in [-0.1, -0.05) is 98.5 Å². The van der Waals surface area contributed by atoms with Gasteiger partial charge >= 0.3 is 0 Å². The van der Waals surface area contributed by atoms with Crippen LogP contribution >= 0.6 is 0 Å². The summed E-state index contributed by atoms with van der Waals surface area (Å²) < 4.78 is 28.8. The Morgan fingerprint density at radius 3 is 0.840 bits per heavy atom. The monoisotopic (exact) mass is 1250 g/mol. The summed E-state index contributed by atoms with van der Waals surface area (Å²) >= 11 is 0. The van der Waals surface area contributed by atoms with E-state index in [0.29, 0.717) is 66.7 Å². The third-order valence-corrected chi connectivity index (χ3v) is 17.7. The summed E-state index contributed by atoms with van der Waals surface area (Å²) in [5, 5.41) is 2.42. The summed E-state index contributed by atoms with van der Waals surface area (Å²) in [4.78, 5) is 110. The molecule has 472 valence electrons. The van der Waals surface area contributed by atoms with Crippen molar-refractivity contribution in [2.24, 2.45) is 11.8 Å². The third kappa shape index (κ3) is 11.0. The van der Waals surface area contributed by atoms with E-state index in [1.165, 1.54) is 0 Å². The van der Waals surface area contributed by atoms with Gasteiger partial charge in [-0.15, -0.1) is 0 Å². The third-order valence-electron chi connectivity index (χ3n) is 17.7. The van der Waals surface area contributed by atoms with Crippen molar-refractivity contribution in [3.63, 3.8) is 0 Å². The Morgan fingerprint density at radius 1 is 0.372 bits per heavy atom. The van der Waals surface area contributed by atoms with Crippen molar-refractivity contribution >= 4 is 89.9 Å². The second-order valence-electron chi connectivity index (χ2n) is 25.2. The number of benzene rings is 9. The second-order valence-corrected chi connectivity index (χ2v) is 25.2. The average Bonchev–Trinajstić information content (AvgIpc) is 0.672. The molecule has 0 fully saturated rings. The fourth-order valence-corrected chi connectivity index (χ4v) is 13.2. The molecule has 0 saturated heterocycles. The fourth-order valence-electron chi connectivity index (χ4n) is 13.2. The zero-order chi connectivity index (χ0) is 66.0. The molecule has 2 atom stereocenters. The van der Waals surface area contributed by atoms with E-state index in [2.05, 4.69) is 9.97 Å². The lowest BCUT2D eigenvalue weighted by atomic mass is 9.80. The molecule has 0 radical (unpaired) electrons. The molecule has 0 N–H and O–H groups in total. The van der Waals surface area contributed by atoms with Gasteiger partial charge in [0.05, 0.1) is 22.3 Å². The number of hydrogen-bond acceptors (Lipinski definition) is 12. The molecule has 0 bridgehead atoms. The van der Waals surface area contributed by atoms with Crippen LogP contribution in [-0.2, 0) is 9.59 Å². The summed E-state index contributed by atoms with van der Waals surface area (Å²) in [6.07, 6.45) is 6.59. The van der Waals surface area contributed by atoms with Gasteiger partial charge in [0.25, 0.3) is 23.6 Å². The van der Waals surface area contributed by atoms with Crippen molar-refractivity contribution in [1.29, 1.82) is 0 Å². The number of amides is 6. The minimum absolute atomic E-state index is 0.0536. The Labute approximate surface area is 544 Å². The lowest BCUT2D eigenvalue weighted by Gasteiger charge is -2.38. The number of likely N-dealkylation sites (N-methyl/N-ethyl adjacent to an activating group) is 2. The Morgan fingerprint density at radius 2 is 0.617 bits per heavy atom. The highest BCUT2D eigenvalue weighted by molar-refractivity contribution is 6.45. The van der Waals surface area contributed by atoms with Crippen molar-refractivity contribution in [3.05, 3.63) is 215 Å². The van der Waals surface area contributed by atoms with E-state index in [9.17, 15) is 0 Å². The van der Waals surface area contributed by atoms with Crippen LogP contribution in [0.3, 0.4) is 0 Å². The summed E-state index contributed by atoms with van der Waals surface area (Å²) in [5.41, 5.74) is 5.12. The summed E-state index contributed by atoms with van der Waals surface area (Å²) in [6, 6.07) is 40.4. The minimum atomic E-state index is -1.29. The van der Waals surface area contributed by atoms with Gasteiger partial charge in [-0.3, -0.25) is 48.5 Å². The number of imide groups is 2. The Kier molecular flexibility index (Phi) is 16.4. The first-order valence-corrected chi connectivity index (χ1v) is 31.8. The molecule has 94 heavy (non-hydrogen) atoms. The number of carbonyl (C=O) groups is 6. The number of pyridine rings is 2. The van der Waals surface area contributed by atoms with E-state index in [1.54, 1.807) is 83.1 Å². The molecule has 9 aromatic carbocycles. The van der Waals surface area contributed by atoms with E-state index < -0.39 is 47.5 Å². The topological polar surface area (TPSA) is 178 Å². The Hall–Kier alpha value is -11.0. The van der Waals surface area contributed by atoms with Crippen LogP contribution in [0, 0.1) is 39.5 Å². The van der Waals surface area contributed by atoms with Crippen LogP contribution in [0.4, 0.5) is 11.4 Å². The van der Waals surface area contributed by atoms with Crippen LogP contribution in [0.2, 0.25) is 0 Å². The first-order valence-electron chi connectivity index (χ1n) is 31.8. The molecule has 0 aliphatic carbocycles. The molecule has 2 aliphatic rings. The lowest BCUT2D eigenvalue weighted by Crippen LogP contribution is -2.55. The molecule has 4 heterocycles. The van der Waals surface area contributed by atoms with Gasteiger partial charge in [-0.2, -0.15) is 0 Å². The number of rotatable bonds is 20. The molecule has 0 saturated carbocycles. The van der Waals surface area contributed by atoms with Crippen LogP contribution in [0.5, 0.6) is 46.0 Å². The van der Waals surface area contributed by atoms with Crippen LogP contribution in [0.1, 0.15) is 118 Å². The smallest absolute Gasteiger partial charge is 0.262 e. The molecule has 0 spiro atoms. The van der Waals surface area contributed by atoms with Crippen LogP contribution in [-0.4, -0.2) is 80.4 Å². The molecule has 16 nitrogen and oxygen atoms in total. The number of nitrogens with zero attached hydrogens (tertiary/aromatic N) is 6. The van der Waals surface area contributed by atoms with Crippen molar-refractivity contribution < 1.29 is 47.7 Å². The highest BCUT2D eigenvalue weighted by Gasteiger charge is 2.47. The van der Waals surface area contributed by atoms with Crippen molar-refractivity contribution in [1.82, 2.24) is 19.8 Å². The normalized spacial score (nSPS) is 13.6. The largest absolute Gasteiger partial charge is 0.457 e. The van der Waals surface area contributed by atoms with Gasteiger partial charge in [0.2, 0.25) is 11.8 Å². The van der Waals surface area contributed by atoms with E-state index in [4.69, 9.17) is 18.9 Å². The molecular formula is C78H70N6O10. The van der Waals surface area contributed by atoms with Gasteiger partial charge in [-0.05, 0) is 163 Å². The predicted molar refractivity (Wildman–Crippen MR) is 365 cm³/mol. The predicted octanol–water partition coefficient (Wildman–Crippen LogP) is 17.1. The zero-order valence-corrected chi connectivity index (χ0v) is 54.1. The fraction of sp³-hybridized carbons (Fsp3) is 0.231. The molecule has 2 unspecified atom stereocenters. The Bertz CT molecular complexity index is 4300. The van der Waals surface area contributed by atoms with Crippen LogP contribution in [0.25, 0.3) is 43.1 Å². The maximum atomic E-state index is 16.3. The van der Waals surface area contributed by atoms with Crippen molar-refractivity contribution in [2.45, 2.75) is 94.2 Å². The van der Waals surface area contributed by atoms with Crippen molar-refractivity contribution in [3.8, 4) is 46.0 Å². The average molecular weight is 1250 g/mol. The molecule has 11 aromatic rings. The van der Waals surface area contributed by atoms with E-state index in [-0.39, 0.29) is 93.8 Å². The number of aryl methyl sites for hydroxylation is 4. The standard InChI is InChI=1S/C78H70N6O10/c1-11-81(49-29-33-79-34-30-49)77(89)59(37-43(3)4)83-73(85)55-39-61(91-51-21-13-45(7)14-22-51)67-69-63(93-53-25-17-47(9)18-26-53)41-57-66-58(76(88)84(75(57)87)60(38-44(5)6)78(90)82(12-2)50-31-35-80-36-32-50)42-64(94-54-27-19-48(10)20-28-54)70(72(66)69)68-62(92-52-23-15-46(8)16-24-52)40-56(74(83)86)65(55)71(67)68/h13-36,39-44,59-60H,11-12,37-38H2,1-10H3. The zero-order valence-electron chi connectivity index (χ0n) is 54.1. The summed E-state index contributed by atoms with van der Waals surface area (Å²) in [6.45, 7) is 19.7. The Balaban J connectivity index is 1.19. The maximum Gasteiger partial charge on any atom is 0.262 e. The molecule has 2 aromatic heterocycles. The van der Waals surface area contributed by atoms with Gasteiger partial charge in [0.15, 0.2) is 0 Å². The molecular weight excluding hydrogens is 1180 g/mol. The highest BCUT2D eigenvalue weighted by Crippen LogP contribution is 2.58. The highest BCUT2D eigenvalue weighted by atomic mass is 16.5. The first-order chi connectivity index (χ1) is 45.3. The number of aromatic nitrogens is 2. The number of carbonyl (C=O) groups excluding carboxylic acids is 6. The van der Waals surface area contributed by atoms with E-state index in [0.717, 1.165) is 32.1 Å². The summed E-state index contributed by atoms with van der Waals surface area (Å²) in [5.74, 6) is -2.19. The summed E-state index contributed by atoms with van der Waals surface area (Å²) in [7, 11) is 0. The van der Waals surface area contributed by atoms with E-state index >= 15 is 28.8 Å². The number of ether oxygens (including phenoxy) is 4.